The highest BCUT2D eigenvalue weighted by atomic mass is 16.6. The Hall–Kier alpha value is -3.41. The molecule has 0 spiro atoms. The van der Waals surface area contributed by atoms with E-state index in [0.29, 0.717) is 19.3 Å². The molecule has 0 fully saturated rings. The summed E-state index contributed by atoms with van der Waals surface area (Å²) < 4.78 is 16.9. The van der Waals surface area contributed by atoms with E-state index in [4.69, 9.17) is 14.2 Å². The molecule has 6 nitrogen and oxygen atoms in total. The number of hydrogen-bond donors (Lipinski definition) is 0. The quantitative estimate of drug-likeness (QED) is 0.0261. The molecular formula is C72H126O6. The molecule has 0 saturated heterocycles. The SMILES string of the molecule is CC/C=C\C/C=C\C/C=C\C/C=C\CCCCCCCCCCCCCCCCC(=O)OCC(COC(=O)CCCCCCCCCCCC)OC(=O)CCCCCCCCCC/C=C\C/C=C\C/C=C\CCCCCCC. The lowest BCUT2D eigenvalue weighted by atomic mass is 10.0. The number of carbonyl (C=O) groups excluding carboxylic acids is 3. The van der Waals surface area contributed by atoms with Crippen LogP contribution in [0, 0.1) is 0 Å². The maximum Gasteiger partial charge on any atom is 0.306 e. The fourth-order valence-electron chi connectivity index (χ4n) is 9.62. The second-order valence-electron chi connectivity index (χ2n) is 22.4. The zero-order chi connectivity index (χ0) is 56.4. The highest BCUT2D eigenvalue weighted by Gasteiger charge is 2.19. The third kappa shape index (κ3) is 63.4. The summed E-state index contributed by atoms with van der Waals surface area (Å²) in [5, 5.41) is 0. The van der Waals surface area contributed by atoms with Crippen LogP contribution in [0.4, 0.5) is 0 Å². The van der Waals surface area contributed by atoms with Crippen molar-refractivity contribution in [2.24, 2.45) is 0 Å². The Labute approximate surface area is 484 Å². The summed E-state index contributed by atoms with van der Waals surface area (Å²) in [5.74, 6) is -0.870. The van der Waals surface area contributed by atoms with Gasteiger partial charge in [-0.25, -0.2) is 0 Å². The Morgan fingerprint density at radius 1 is 0.269 bits per heavy atom. The highest BCUT2D eigenvalue weighted by molar-refractivity contribution is 5.71. The summed E-state index contributed by atoms with van der Waals surface area (Å²) >= 11 is 0. The molecule has 450 valence electrons. The van der Waals surface area contributed by atoms with Gasteiger partial charge in [0.25, 0.3) is 0 Å². The number of unbranched alkanes of at least 4 members (excludes halogenated alkanes) is 36. The van der Waals surface area contributed by atoms with Crippen molar-refractivity contribution >= 4 is 17.9 Å². The minimum absolute atomic E-state index is 0.0760. The third-order valence-corrected chi connectivity index (χ3v) is 14.6. The van der Waals surface area contributed by atoms with Gasteiger partial charge in [-0.2, -0.15) is 0 Å². The molecule has 0 aliphatic heterocycles. The average Bonchev–Trinajstić information content (AvgIpc) is 3.44. The van der Waals surface area contributed by atoms with Crippen LogP contribution in [-0.4, -0.2) is 37.2 Å². The monoisotopic (exact) mass is 1090 g/mol. The minimum atomic E-state index is -0.779. The van der Waals surface area contributed by atoms with E-state index in [1.165, 1.54) is 193 Å². The molecular weight excluding hydrogens is 961 g/mol. The molecule has 0 saturated carbocycles. The number of allylic oxidation sites excluding steroid dienone is 14. The highest BCUT2D eigenvalue weighted by Crippen LogP contribution is 2.17. The molecule has 0 heterocycles. The second-order valence-corrected chi connectivity index (χ2v) is 22.4. The average molecular weight is 1090 g/mol. The van der Waals surface area contributed by atoms with Crippen molar-refractivity contribution in [3.05, 3.63) is 85.1 Å². The number of carbonyl (C=O) groups is 3. The van der Waals surface area contributed by atoms with E-state index in [-0.39, 0.29) is 31.1 Å². The van der Waals surface area contributed by atoms with Gasteiger partial charge in [0.2, 0.25) is 0 Å². The van der Waals surface area contributed by atoms with Crippen LogP contribution in [0.2, 0.25) is 0 Å². The number of hydrogen-bond acceptors (Lipinski definition) is 6. The number of ether oxygens (including phenoxy) is 3. The van der Waals surface area contributed by atoms with Gasteiger partial charge in [0.05, 0.1) is 0 Å². The van der Waals surface area contributed by atoms with Crippen LogP contribution in [0.1, 0.15) is 335 Å². The normalized spacial score (nSPS) is 12.6. The van der Waals surface area contributed by atoms with E-state index in [0.717, 1.165) is 103 Å². The summed E-state index contributed by atoms with van der Waals surface area (Å²) in [7, 11) is 0. The first-order valence-electron chi connectivity index (χ1n) is 33.6. The maximum absolute atomic E-state index is 12.9. The maximum atomic E-state index is 12.9. The van der Waals surface area contributed by atoms with E-state index in [1.54, 1.807) is 0 Å². The molecule has 0 aliphatic carbocycles. The van der Waals surface area contributed by atoms with Crippen LogP contribution < -0.4 is 0 Å². The molecule has 0 rings (SSSR count). The fraction of sp³-hybridized carbons (Fsp3) is 0.764. The van der Waals surface area contributed by atoms with Gasteiger partial charge in [0.15, 0.2) is 6.10 Å². The van der Waals surface area contributed by atoms with Crippen LogP contribution in [0.3, 0.4) is 0 Å². The standard InChI is InChI=1S/C72H126O6/c1-4-7-10-13-16-19-22-24-26-28-30-32-34-35-36-37-39-40-42-44-46-48-50-53-56-59-62-65-71(74)77-68-69(67-76-70(73)64-61-58-55-52-21-18-15-12-9-6-3)78-72(75)66-63-60-57-54-51-49-47-45-43-41-38-33-31-29-27-25-23-20-17-14-11-8-5-2/h7,10,16,19,23-26,29-32,38,41,69H,4-6,8-9,11-15,17-18,20-22,27-28,33-37,39-40,42-68H2,1-3H3/b10-7-,19-16-,25-23-,26-24-,31-29-,32-30-,41-38-. The fourth-order valence-corrected chi connectivity index (χ4v) is 9.62. The molecule has 6 heteroatoms. The first kappa shape index (κ1) is 74.6. The van der Waals surface area contributed by atoms with E-state index in [2.05, 4.69) is 106 Å². The lowest BCUT2D eigenvalue weighted by molar-refractivity contribution is -0.167. The Kier molecular flexibility index (Phi) is 63.2. The van der Waals surface area contributed by atoms with Gasteiger partial charge in [0, 0.05) is 19.3 Å². The van der Waals surface area contributed by atoms with Gasteiger partial charge in [-0.3, -0.25) is 14.4 Å². The van der Waals surface area contributed by atoms with E-state index < -0.39 is 6.10 Å². The van der Waals surface area contributed by atoms with Gasteiger partial charge in [-0.1, -0.05) is 305 Å². The molecule has 0 N–H and O–H groups in total. The van der Waals surface area contributed by atoms with Crippen molar-refractivity contribution in [3.63, 3.8) is 0 Å². The summed E-state index contributed by atoms with van der Waals surface area (Å²) in [4.78, 5) is 38.3. The van der Waals surface area contributed by atoms with Crippen molar-refractivity contribution in [2.45, 2.75) is 341 Å². The molecule has 0 aromatic rings. The van der Waals surface area contributed by atoms with Gasteiger partial charge < -0.3 is 14.2 Å². The van der Waals surface area contributed by atoms with Crippen LogP contribution in [0.15, 0.2) is 85.1 Å². The van der Waals surface area contributed by atoms with Crippen LogP contribution in [0.5, 0.6) is 0 Å². The number of esters is 3. The van der Waals surface area contributed by atoms with Crippen molar-refractivity contribution in [3.8, 4) is 0 Å². The summed E-state index contributed by atoms with van der Waals surface area (Å²) in [6.45, 7) is 6.53. The van der Waals surface area contributed by atoms with Crippen molar-refractivity contribution in [1.29, 1.82) is 0 Å². The molecule has 0 amide bonds. The lowest BCUT2D eigenvalue weighted by Gasteiger charge is -2.18. The summed E-state index contributed by atoms with van der Waals surface area (Å²) in [6, 6.07) is 0. The van der Waals surface area contributed by atoms with E-state index in [9.17, 15) is 14.4 Å². The zero-order valence-electron chi connectivity index (χ0n) is 51.7. The topological polar surface area (TPSA) is 78.9 Å². The predicted octanol–water partition coefficient (Wildman–Crippen LogP) is 23.1. The van der Waals surface area contributed by atoms with E-state index in [1.807, 2.05) is 0 Å². The second kappa shape index (κ2) is 66.1. The van der Waals surface area contributed by atoms with Crippen molar-refractivity contribution in [2.75, 3.05) is 13.2 Å². The van der Waals surface area contributed by atoms with Gasteiger partial charge in [-0.15, -0.1) is 0 Å². The van der Waals surface area contributed by atoms with Crippen molar-refractivity contribution in [1.82, 2.24) is 0 Å². The molecule has 0 aliphatic rings. The van der Waals surface area contributed by atoms with Gasteiger partial charge in [0.1, 0.15) is 13.2 Å². The first-order valence-corrected chi connectivity index (χ1v) is 33.6. The first-order chi connectivity index (χ1) is 38.5. The molecule has 1 unspecified atom stereocenters. The Balaban J connectivity index is 4.22. The summed E-state index contributed by atoms with van der Waals surface area (Å²) in [6.07, 6.45) is 87.5. The van der Waals surface area contributed by atoms with Gasteiger partial charge >= 0.3 is 17.9 Å². The minimum Gasteiger partial charge on any atom is -0.462 e. The van der Waals surface area contributed by atoms with Crippen molar-refractivity contribution < 1.29 is 28.6 Å². The molecule has 0 radical (unpaired) electrons. The smallest absolute Gasteiger partial charge is 0.306 e. The molecule has 1 atom stereocenters. The Bertz CT molecular complexity index is 1480. The third-order valence-electron chi connectivity index (χ3n) is 14.6. The molecule has 0 aromatic carbocycles. The molecule has 78 heavy (non-hydrogen) atoms. The Morgan fingerprint density at radius 2 is 0.500 bits per heavy atom. The zero-order valence-corrected chi connectivity index (χ0v) is 51.7. The van der Waals surface area contributed by atoms with Crippen LogP contribution in [-0.2, 0) is 28.6 Å². The van der Waals surface area contributed by atoms with Crippen LogP contribution in [0.25, 0.3) is 0 Å². The number of rotatable bonds is 61. The van der Waals surface area contributed by atoms with E-state index >= 15 is 0 Å². The molecule has 0 aromatic heterocycles. The van der Waals surface area contributed by atoms with Gasteiger partial charge in [-0.05, 0) is 96.3 Å². The molecule has 0 bridgehead atoms. The van der Waals surface area contributed by atoms with Crippen LogP contribution >= 0.6 is 0 Å². The lowest BCUT2D eigenvalue weighted by Crippen LogP contribution is -2.30. The Morgan fingerprint density at radius 3 is 0.782 bits per heavy atom. The predicted molar refractivity (Wildman–Crippen MR) is 339 cm³/mol. The largest absolute Gasteiger partial charge is 0.462 e. The summed E-state index contributed by atoms with van der Waals surface area (Å²) in [5.41, 5.74) is 0.